The lowest BCUT2D eigenvalue weighted by molar-refractivity contribution is 0.195. The molecule has 5 aromatic rings. The summed E-state index contributed by atoms with van der Waals surface area (Å²) < 4.78 is 15.6. The second kappa shape index (κ2) is 10.9. The minimum Gasteiger partial charge on any atom is -0.322 e. The van der Waals surface area contributed by atoms with Gasteiger partial charge >= 0.3 is 0 Å². The molecule has 39 heavy (non-hydrogen) atoms. The molecule has 1 N–H and O–H groups in total. The Morgan fingerprint density at radius 3 is 2.44 bits per heavy atom. The Morgan fingerprint density at radius 2 is 1.72 bits per heavy atom. The molecule has 0 fully saturated rings. The van der Waals surface area contributed by atoms with Crippen molar-refractivity contribution in [2.45, 2.75) is 52.2 Å². The standard InChI is InChI=1S/C31H33FN6O/c1-21-10-13-24-19-26(30(39)33-27(24)18-21)28(29-34-35-36-38(29)31(2,3)4)37(17-16-22-8-6-5-7-9-22)20-23-11-14-25(32)15-12-23/h5-15,18-19,28H,16-17,20H2,1-4H3,(H,33,39)/t28-/m1/s1. The van der Waals surface area contributed by atoms with Crippen molar-refractivity contribution in [1.29, 1.82) is 0 Å². The summed E-state index contributed by atoms with van der Waals surface area (Å²) >= 11 is 0. The van der Waals surface area contributed by atoms with Crippen molar-refractivity contribution in [1.82, 2.24) is 30.1 Å². The molecule has 200 valence electrons. The molecule has 0 unspecified atom stereocenters. The topological polar surface area (TPSA) is 79.7 Å². The van der Waals surface area contributed by atoms with Crippen molar-refractivity contribution >= 4 is 10.9 Å². The van der Waals surface area contributed by atoms with Gasteiger partial charge in [0, 0.05) is 24.2 Å². The van der Waals surface area contributed by atoms with Gasteiger partial charge in [0.15, 0.2) is 5.82 Å². The Morgan fingerprint density at radius 1 is 0.974 bits per heavy atom. The first kappa shape index (κ1) is 26.4. The van der Waals surface area contributed by atoms with Crippen molar-refractivity contribution in [3.63, 3.8) is 0 Å². The lowest BCUT2D eigenvalue weighted by Gasteiger charge is -2.33. The van der Waals surface area contributed by atoms with E-state index in [4.69, 9.17) is 0 Å². The van der Waals surface area contributed by atoms with E-state index in [1.165, 1.54) is 17.7 Å². The molecule has 2 aromatic heterocycles. The number of aromatic nitrogens is 5. The maximum absolute atomic E-state index is 13.8. The Hall–Kier alpha value is -4.17. The van der Waals surface area contributed by atoms with Gasteiger partial charge < -0.3 is 4.98 Å². The van der Waals surface area contributed by atoms with Crippen LogP contribution in [0, 0.1) is 12.7 Å². The Bertz CT molecular complexity index is 1620. The highest BCUT2D eigenvalue weighted by Crippen LogP contribution is 2.31. The molecular weight excluding hydrogens is 491 g/mol. The second-order valence-electron chi connectivity index (χ2n) is 11.0. The smallest absolute Gasteiger partial charge is 0.253 e. The number of nitrogens with one attached hydrogen (secondary N) is 1. The van der Waals surface area contributed by atoms with Gasteiger partial charge in [-0.15, -0.1) is 5.10 Å². The third-order valence-corrected chi connectivity index (χ3v) is 6.89. The molecule has 3 aromatic carbocycles. The molecule has 0 radical (unpaired) electrons. The van der Waals surface area contributed by atoms with Gasteiger partial charge in [0.1, 0.15) is 11.9 Å². The summed E-state index contributed by atoms with van der Waals surface area (Å²) in [5.41, 5.74) is 3.91. The average molecular weight is 525 g/mol. The van der Waals surface area contributed by atoms with E-state index in [9.17, 15) is 9.18 Å². The number of tetrazole rings is 1. The summed E-state index contributed by atoms with van der Waals surface area (Å²) in [5, 5.41) is 13.8. The first-order valence-electron chi connectivity index (χ1n) is 13.1. The summed E-state index contributed by atoms with van der Waals surface area (Å²) in [6, 6.07) is 24.1. The molecule has 7 nitrogen and oxygen atoms in total. The molecule has 0 aliphatic carbocycles. The van der Waals surface area contributed by atoms with Crippen molar-refractivity contribution in [2.75, 3.05) is 6.54 Å². The first-order valence-corrected chi connectivity index (χ1v) is 13.1. The van der Waals surface area contributed by atoms with Crippen molar-refractivity contribution in [3.05, 3.63) is 123 Å². The van der Waals surface area contributed by atoms with E-state index < -0.39 is 11.6 Å². The van der Waals surface area contributed by atoms with Gasteiger partial charge in [0.05, 0.1) is 5.54 Å². The van der Waals surface area contributed by atoms with Crippen LogP contribution < -0.4 is 5.56 Å². The molecule has 5 rings (SSSR count). The van der Waals surface area contributed by atoms with Crippen LogP contribution in [0.25, 0.3) is 10.9 Å². The Balaban J connectivity index is 1.68. The summed E-state index contributed by atoms with van der Waals surface area (Å²) in [6.07, 6.45) is 0.750. The first-order chi connectivity index (χ1) is 18.7. The molecule has 0 bridgehead atoms. The molecule has 0 aliphatic heterocycles. The van der Waals surface area contributed by atoms with Gasteiger partial charge in [-0.25, -0.2) is 9.07 Å². The number of aryl methyl sites for hydroxylation is 1. The minimum atomic E-state index is -0.553. The Kier molecular flexibility index (Phi) is 7.39. The van der Waals surface area contributed by atoms with E-state index in [1.807, 2.05) is 70.2 Å². The zero-order chi connectivity index (χ0) is 27.6. The summed E-state index contributed by atoms with van der Waals surface area (Å²) in [7, 11) is 0. The van der Waals surface area contributed by atoms with Gasteiger partial charge in [0.25, 0.3) is 5.56 Å². The predicted octanol–water partition coefficient (Wildman–Crippen LogP) is 5.55. The molecular formula is C31H33FN6O. The number of hydrogen-bond acceptors (Lipinski definition) is 5. The van der Waals surface area contributed by atoms with Crippen LogP contribution in [0.5, 0.6) is 0 Å². The van der Waals surface area contributed by atoms with Gasteiger partial charge in [0.2, 0.25) is 0 Å². The van der Waals surface area contributed by atoms with E-state index in [1.54, 1.807) is 16.8 Å². The second-order valence-corrected chi connectivity index (χ2v) is 11.0. The van der Waals surface area contributed by atoms with E-state index in [0.717, 1.165) is 28.5 Å². The molecule has 0 spiro atoms. The number of fused-ring (bicyclic) bond motifs is 1. The van der Waals surface area contributed by atoms with Crippen LogP contribution in [0.3, 0.4) is 0 Å². The highest BCUT2D eigenvalue weighted by atomic mass is 19.1. The van der Waals surface area contributed by atoms with Gasteiger partial charge in [-0.2, -0.15) is 0 Å². The maximum Gasteiger partial charge on any atom is 0.253 e. The number of aromatic amines is 1. The largest absolute Gasteiger partial charge is 0.322 e. The third kappa shape index (κ3) is 5.96. The van der Waals surface area contributed by atoms with Gasteiger partial charge in [-0.1, -0.05) is 54.6 Å². The fourth-order valence-electron chi connectivity index (χ4n) is 4.92. The number of pyridine rings is 1. The zero-order valence-corrected chi connectivity index (χ0v) is 22.7. The highest BCUT2D eigenvalue weighted by Gasteiger charge is 2.33. The maximum atomic E-state index is 13.8. The number of halogens is 1. The van der Waals surface area contributed by atoms with E-state index >= 15 is 0 Å². The number of rotatable bonds is 8. The molecule has 2 heterocycles. The van der Waals surface area contributed by atoms with Crippen LogP contribution in [-0.4, -0.2) is 36.6 Å². The minimum absolute atomic E-state index is 0.189. The van der Waals surface area contributed by atoms with E-state index in [0.29, 0.717) is 24.5 Å². The molecule has 0 amide bonds. The lowest BCUT2D eigenvalue weighted by atomic mass is 9.99. The van der Waals surface area contributed by atoms with Gasteiger partial charge in [-0.3, -0.25) is 9.69 Å². The monoisotopic (exact) mass is 524 g/mol. The summed E-state index contributed by atoms with van der Waals surface area (Å²) in [4.78, 5) is 19.0. The van der Waals surface area contributed by atoms with Crippen LogP contribution in [0.15, 0.2) is 83.7 Å². The fraction of sp³-hybridized carbons (Fsp3) is 0.290. The van der Waals surface area contributed by atoms with Crippen molar-refractivity contribution in [3.8, 4) is 0 Å². The number of hydrogen-bond donors (Lipinski definition) is 1. The summed E-state index contributed by atoms with van der Waals surface area (Å²) in [6.45, 7) is 9.19. The normalized spacial score (nSPS) is 12.8. The van der Waals surface area contributed by atoms with Crippen LogP contribution >= 0.6 is 0 Å². The van der Waals surface area contributed by atoms with Crippen LogP contribution in [0.2, 0.25) is 0 Å². The van der Waals surface area contributed by atoms with Crippen LogP contribution in [0.4, 0.5) is 4.39 Å². The lowest BCUT2D eigenvalue weighted by Crippen LogP contribution is -2.38. The molecule has 8 heteroatoms. The number of benzene rings is 3. The third-order valence-electron chi connectivity index (χ3n) is 6.89. The number of H-pyrrole nitrogens is 1. The van der Waals surface area contributed by atoms with E-state index in [2.05, 4.69) is 37.5 Å². The zero-order valence-electron chi connectivity index (χ0n) is 22.7. The fourth-order valence-corrected chi connectivity index (χ4v) is 4.92. The number of nitrogens with zero attached hydrogens (tertiary/aromatic N) is 5. The average Bonchev–Trinajstić information content (AvgIpc) is 3.40. The Labute approximate surface area is 227 Å². The molecule has 0 saturated carbocycles. The van der Waals surface area contributed by atoms with Crippen molar-refractivity contribution < 1.29 is 4.39 Å². The summed E-state index contributed by atoms with van der Waals surface area (Å²) in [5.74, 6) is 0.290. The molecule has 0 saturated heterocycles. The van der Waals surface area contributed by atoms with E-state index in [-0.39, 0.29) is 11.4 Å². The highest BCUT2D eigenvalue weighted by molar-refractivity contribution is 5.79. The van der Waals surface area contributed by atoms with Crippen LogP contribution in [0.1, 0.15) is 54.9 Å². The SMILES string of the molecule is Cc1ccc2cc([C@H](c3nnnn3C(C)(C)C)N(CCc3ccccc3)Cc3ccc(F)cc3)c(=O)[nH]c2c1. The molecule has 1 atom stereocenters. The van der Waals surface area contributed by atoms with Gasteiger partial charge in [-0.05, 0) is 90.9 Å². The predicted molar refractivity (Wildman–Crippen MR) is 151 cm³/mol. The molecule has 0 aliphatic rings. The van der Waals surface area contributed by atoms with Crippen molar-refractivity contribution in [2.24, 2.45) is 0 Å². The quantitative estimate of drug-likeness (QED) is 0.288. The van der Waals surface area contributed by atoms with Crippen LogP contribution in [-0.2, 0) is 18.5 Å².